The van der Waals surface area contributed by atoms with E-state index in [1.165, 1.54) is 6.07 Å². The van der Waals surface area contributed by atoms with Gasteiger partial charge in [-0.3, -0.25) is 4.90 Å². The molecule has 136 valence electrons. The maximum atomic E-state index is 14.1. The van der Waals surface area contributed by atoms with Crippen molar-refractivity contribution >= 4 is 0 Å². The molecule has 5 heteroatoms. The molecule has 0 aliphatic heterocycles. The number of benzene rings is 2. The van der Waals surface area contributed by atoms with Crippen LogP contribution in [0.2, 0.25) is 0 Å². The van der Waals surface area contributed by atoms with Crippen LogP contribution in [0.5, 0.6) is 5.75 Å². The topological polar surface area (TPSA) is 41.3 Å². The molecule has 0 unspecified atom stereocenters. The smallest absolute Gasteiger partial charge is 0.127 e. The Morgan fingerprint density at radius 1 is 1.12 bits per heavy atom. The van der Waals surface area contributed by atoms with Crippen molar-refractivity contribution < 1.29 is 9.50 Å². The summed E-state index contributed by atoms with van der Waals surface area (Å²) in [5.74, 6) is 0.0873. The summed E-state index contributed by atoms with van der Waals surface area (Å²) in [5.41, 5.74) is 2.63. The number of nitrogens with zero attached hydrogens (tertiary/aromatic N) is 3. The summed E-state index contributed by atoms with van der Waals surface area (Å²) >= 11 is 0. The second kappa shape index (κ2) is 8.63. The van der Waals surface area contributed by atoms with Gasteiger partial charge in [0.05, 0.1) is 6.33 Å². The third-order valence-electron chi connectivity index (χ3n) is 4.43. The zero-order valence-corrected chi connectivity index (χ0v) is 15.0. The van der Waals surface area contributed by atoms with Crippen LogP contribution in [0.25, 0.3) is 0 Å². The molecule has 2 aromatic carbocycles. The van der Waals surface area contributed by atoms with Crippen LogP contribution in [0.1, 0.15) is 23.1 Å². The highest BCUT2D eigenvalue weighted by Crippen LogP contribution is 2.22. The Bertz CT molecular complexity index is 833. The second-order valence-electron chi connectivity index (χ2n) is 6.59. The van der Waals surface area contributed by atoms with E-state index < -0.39 is 0 Å². The van der Waals surface area contributed by atoms with Gasteiger partial charge in [0, 0.05) is 49.7 Å². The normalized spacial score (nSPS) is 11.2. The quantitative estimate of drug-likeness (QED) is 0.662. The van der Waals surface area contributed by atoms with Crippen molar-refractivity contribution in [3.05, 3.63) is 83.7 Å². The second-order valence-corrected chi connectivity index (χ2v) is 6.59. The Balaban J connectivity index is 1.71. The van der Waals surface area contributed by atoms with Gasteiger partial charge in [0.2, 0.25) is 0 Å². The van der Waals surface area contributed by atoms with E-state index in [0.717, 1.165) is 30.6 Å². The van der Waals surface area contributed by atoms with Crippen LogP contribution in [-0.2, 0) is 19.6 Å². The summed E-state index contributed by atoms with van der Waals surface area (Å²) in [6.45, 7) is 4.73. The number of hydrogen-bond donors (Lipinski definition) is 1. The maximum Gasteiger partial charge on any atom is 0.127 e. The first-order valence-electron chi connectivity index (χ1n) is 8.82. The van der Waals surface area contributed by atoms with E-state index in [2.05, 4.69) is 9.88 Å². The molecule has 3 aromatic rings. The number of aromatic hydroxyl groups is 1. The van der Waals surface area contributed by atoms with Crippen molar-refractivity contribution in [2.45, 2.75) is 33.0 Å². The molecule has 0 radical (unpaired) electrons. The lowest BCUT2D eigenvalue weighted by Crippen LogP contribution is -2.25. The standard InChI is InChI=1S/C21H24FN3O/c1-17-7-8-21(26)19(13-17)15-25(11-4-10-24-12-9-23-16-24)14-18-5-2-3-6-20(18)22/h2-3,5-9,12-13,16,26H,4,10-11,14-15H2,1H3. The van der Waals surface area contributed by atoms with Crippen LogP contribution in [0.3, 0.4) is 0 Å². The van der Waals surface area contributed by atoms with E-state index >= 15 is 0 Å². The minimum Gasteiger partial charge on any atom is -0.508 e. The van der Waals surface area contributed by atoms with Crippen molar-refractivity contribution in [3.63, 3.8) is 0 Å². The fourth-order valence-electron chi connectivity index (χ4n) is 3.06. The molecule has 26 heavy (non-hydrogen) atoms. The van der Waals surface area contributed by atoms with E-state index in [9.17, 15) is 9.50 Å². The summed E-state index contributed by atoms with van der Waals surface area (Å²) < 4.78 is 16.1. The Hall–Kier alpha value is -2.66. The zero-order chi connectivity index (χ0) is 18.4. The van der Waals surface area contributed by atoms with E-state index in [1.807, 2.05) is 42.0 Å². The van der Waals surface area contributed by atoms with Gasteiger partial charge in [-0.25, -0.2) is 9.37 Å². The third kappa shape index (κ3) is 4.92. The fraction of sp³-hybridized carbons (Fsp3) is 0.286. The van der Waals surface area contributed by atoms with Gasteiger partial charge in [0.15, 0.2) is 0 Å². The first-order valence-corrected chi connectivity index (χ1v) is 8.82. The van der Waals surface area contributed by atoms with Crippen molar-refractivity contribution in [2.75, 3.05) is 6.54 Å². The van der Waals surface area contributed by atoms with Crippen molar-refractivity contribution in [2.24, 2.45) is 0 Å². The lowest BCUT2D eigenvalue weighted by atomic mass is 10.1. The van der Waals surface area contributed by atoms with Gasteiger partial charge in [-0.05, 0) is 25.5 Å². The van der Waals surface area contributed by atoms with Crippen molar-refractivity contribution in [3.8, 4) is 5.75 Å². The van der Waals surface area contributed by atoms with Gasteiger partial charge in [0.1, 0.15) is 11.6 Å². The van der Waals surface area contributed by atoms with Gasteiger partial charge in [0.25, 0.3) is 0 Å². The van der Waals surface area contributed by atoms with Crippen LogP contribution in [-0.4, -0.2) is 26.1 Å². The number of rotatable bonds is 8. The van der Waals surface area contributed by atoms with Crippen LogP contribution in [0.15, 0.2) is 61.2 Å². The molecule has 1 N–H and O–H groups in total. The first kappa shape index (κ1) is 18.1. The molecule has 0 fully saturated rings. The zero-order valence-electron chi connectivity index (χ0n) is 15.0. The van der Waals surface area contributed by atoms with Crippen LogP contribution >= 0.6 is 0 Å². The molecular weight excluding hydrogens is 329 g/mol. The van der Waals surface area contributed by atoms with Gasteiger partial charge in [-0.1, -0.05) is 35.9 Å². The molecule has 0 spiro atoms. The van der Waals surface area contributed by atoms with Gasteiger partial charge < -0.3 is 9.67 Å². The molecular formula is C21H24FN3O. The molecule has 0 aliphatic rings. The molecule has 3 rings (SSSR count). The SMILES string of the molecule is Cc1ccc(O)c(CN(CCCn2ccnc2)Cc2ccccc2F)c1. The molecule has 0 atom stereocenters. The number of aromatic nitrogens is 2. The first-order chi connectivity index (χ1) is 12.6. The highest BCUT2D eigenvalue weighted by atomic mass is 19.1. The molecule has 0 saturated heterocycles. The lowest BCUT2D eigenvalue weighted by molar-refractivity contribution is 0.242. The fourth-order valence-corrected chi connectivity index (χ4v) is 3.06. The highest BCUT2D eigenvalue weighted by molar-refractivity contribution is 5.35. The Labute approximate surface area is 153 Å². The predicted octanol–water partition coefficient (Wildman–Crippen LogP) is 4.13. The molecule has 4 nitrogen and oxygen atoms in total. The largest absolute Gasteiger partial charge is 0.508 e. The Kier molecular flexibility index (Phi) is 6.02. The molecule has 0 aliphatic carbocycles. The summed E-state index contributed by atoms with van der Waals surface area (Å²) in [7, 11) is 0. The summed E-state index contributed by atoms with van der Waals surface area (Å²) in [6.07, 6.45) is 6.42. The van der Waals surface area contributed by atoms with E-state index in [-0.39, 0.29) is 11.6 Å². The number of imidazole rings is 1. The van der Waals surface area contributed by atoms with Crippen LogP contribution < -0.4 is 0 Å². The highest BCUT2D eigenvalue weighted by Gasteiger charge is 2.12. The molecule has 0 bridgehead atoms. The summed E-state index contributed by atoms with van der Waals surface area (Å²) in [5, 5.41) is 10.2. The van der Waals surface area contributed by atoms with Gasteiger partial charge in [-0.2, -0.15) is 0 Å². The van der Waals surface area contributed by atoms with E-state index in [0.29, 0.717) is 18.7 Å². The summed E-state index contributed by atoms with van der Waals surface area (Å²) in [4.78, 5) is 6.23. The lowest BCUT2D eigenvalue weighted by Gasteiger charge is -2.23. The van der Waals surface area contributed by atoms with E-state index in [1.54, 1.807) is 24.7 Å². The average molecular weight is 353 g/mol. The number of hydrogen-bond acceptors (Lipinski definition) is 3. The summed E-state index contributed by atoms with van der Waals surface area (Å²) in [6, 6.07) is 12.5. The Morgan fingerprint density at radius 2 is 1.92 bits per heavy atom. The number of phenolic OH excluding ortho intramolecular Hbond substituents is 1. The predicted molar refractivity (Wildman–Crippen MR) is 100 cm³/mol. The number of halogens is 1. The number of phenols is 1. The third-order valence-corrected chi connectivity index (χ3v) is 4.43. The molecule has 1 aromatic heterocycles. The average Bonchev–Trinajstić information content (AvgIpc) is 3.13. The van der Waals surface area contributed by atoms with E-state index in [4.69, 9.17) is 0 Å². The van der Waals surface area contributed by atoms with Crippen molar-refractivity contribution in [1.29, 1.82) is 0 Å². The maximum absolute atomic E-state index is 14.1. The number of aryl methyl sites for hydroxylation is 2. The minimum absolute atomic E-state index is 0.194. The minimum atomic E-state index is -0.194. The molecule has 1 heterocycles. The van der Waals surface area contributed by atoms with Crippen molar-refractivity contribution in [1.82, 2.24) is 14.5 Å². The molecule has 0 saturated carbocycles. The monoisotopic (exact) mass is 353 g/mol. The van der Waals surface area contributed by atoms with Crippen LogP contribution in [0, 0.1) is 12.7 Å². The molecule has 0 amide bonds. The van der Waals surface area contributed by atoms with Gasteiger partial charge >= 0.3 is 0 Å². The Morgan fingerprint density at radius 3 is 2.69 bits per heavy atom. The van der Waals surface area contributed by atoms with Gasteiger partial charge in [-0.15, -0.1) is 0 Å². The van der Waals surface area contributed by atoms with Crippen LogP contribution in [0.4, 0.5) is 4.39 Å².